The second kappa shape index (κ2) is 7.56. The molecule has 1 aromatic rings. The number of ether oxygens (including phenoxy) is 1. The normalized spacial score (nSPS) is 13.2. The highest BCUT2D eigenvalue weighted by Crippen LogP contribution is 2.14. The Morgan fingerprint density at radius 2 is 1.71 bits per heavy atom. The van der Waals surface area contributed by atoms with Gasteiger partial charge in [-0.3, -0.25) is 0 Å². The quantitative estimate of drug-likeness (QED) is 0.785. The molecule has 1 rings (SSSR count). The molecule has 0 aliphatic heterocycles. The lowest BCUT2D eigenvalue weighted by Gasteiger charge is -2.15. The first-order chi connectivity index (χ1) is 9.76. The molecule has 0 radical (unpaired) electrons. The van der Waals surface area contributed by atoms with Crippen LogP contribution in [0.1, 0.15) is 44.0 Å². The van der Waals surface area contributed by atoms with E-state index in [2.05, 4.69) is 23.3 Å². The van der Waals surface area contributed by atoms with Gasteiger partial charge in [0.1, 0.15) is 0 Å². The zero-order chi connectivity index (χ0) is 16.0. The van der Waals surface area contributed by atoms with Gasteiger partial charge in [-0.05, 0) is 49.9 Å². The van der Waals surface area contributed by atoms with Crippen LogP contribution in [0.2, 0.25) is 0 Å². The molecule has 0 saturated carbocycles. The molecule has 118 valence electrons. The molecule has 0 spiro atoms. The van der Waals surface area contributed by atoms with E-state index in [0.29, 0.717) is 11.5 Å². The van der Waals surface area contributed by atoms with E-state index in [1.807, 2.05) is 6.92 Å². The molecule has 0 aliphatic carbocycles. The van der Waals surface area contributed by atoms with Crippen molar-refractivity contribution >= 4 is 16.0 Å². The fraction of sp³-hybridized carbons (Fsp3) is 0.533. The van der Waals surface area contributed by atoms with Gasteiger partial charge in [-0.2, -0.15) is 0 Å². The zero-order valence-electron chi connectivity index (χ0n) is 12.9. The van der Waals surface area contributed by atoms with Crippen LogP contribution in [-0.2, 0) is 14.8 Å². The van der Waals surface area contributed by atoms with Gasteiger partial charge < -0.3 is 4.74 Å². The van der Waals surface area contributed by atoms with Crippen LogP contribution in [0, 0.1) is 5.92 Å². The van der Waals surface area contributed by atoms with E-state index in [1.54, 1.807) is 0 Å². The number of methoxy groups -OCH3 is 1. The molecule has 21 heavy (non-hydrogen) atoms. The number of carbonyl (C=O) groups excluding carboxylic acids is 1. The number of rotatable bonds is 7. The van der Waals surface area contributed by atoms with Gasteiger partial charge in [0, 0.05) is 6.04 Å². The summed E-state index contributed by atoms with van der Waals surface area (Å²) in [5.41, 5.74) is 0.323. The minimum absolute atomic E-state index is 0.127. The Bertz CT molecular complexity index is 564. The number of benzene rings is 1. The van der Waals surface area contributed by atoms with E-state index in [9.17, 15) is 13.2 Å². The standard InChI is InChI=1S/C15H23NO4S/c1-11(2)5-6-12(3)16-21(18,19)14-9-7-13(8-10-14)15(17)20-4/h7-12,16H,5-6H2,1-4H3. The Hall–Kier alpha value is -1.40. The van der Waals surface area contributed by atoms with Crippen LogP contribution in [0.15, 0.2) is 29.2 Å². The molecule has 6 heteroatoms. The maximum absolute atomic E-state index is 12.2. The van der Waals surface area contributed by atoms with Crippen LogP contribution >= 0.6 is 0 Å². The van der Waals surface area contributed by atoms with Gasteiger partial charge in [-0.15, -0.1) is 0 Å². The van der Waals surface area contributed by atoms with Crippen LogP contribution in [0.5, 0.6) is 0 Å². The van der Waals surface area contributed by atoms with E-state index in [4.69, 9.17) is 0 Å². The van der Waals surface area contributed by atoms with Gasteiger partial charge in [-0.1, -0.05) is 13.8 Å². The second-order valence-electron chi connectivity index (χ2n) is 5.51. The maximum Gasteiger partial charge on any atom is 0.337 e. The van der Waals surface area contributed by atoms with Gasteiger partial charge in [-0.25, -0.2) is 17.9 Å². The summed E-state index contributed by atoms with van der Waals surface area (Å²) in [6, 6.07) is 5.57. The molecule has 1 N–H and O–H groups in total. The molecule has 1 unspecified atom stereocenters. The smallest absolute Gasteiger partial charge is 0.337 e. The third-order valence-electron chi connectivity index (χ3n) is 3.12. The lowest BCUT2D eigenvalue weighted by atomic mass is 10.1. The number of sulfonamides is 1. The van der Waals surface area contributed by atoms with Crippen molar-refractivity contribution in [2.75, 3.05) is 7.11 Å². The maximum atomic E-state index is 12.2. The summed E-state index contributed by atoms with van der Waals surface area (Å²) in [7, 11) is -2.28. The first-order valence-corrected chi connectivity index (χ1v) is 8.45. The third-order valence-corrected chi connectivity index (χ3v) is 4.72. The largest absolute Gasteiger partial charge is 0.465 e. The summed E-state index contributed by atoms with van der Waals surface area (Å²) in [4.78, 5) is 11.5. The fourth-order valence-electron chi connectivity index (χ4n) is 1.86. The van der Waals surface area contributed by atoms with Crippen molar-refractivity contribution in [1.29, 1.82) is 0 Å². The summed E-state index contributed by atoms with van der Waals surface area (Å²) < 4.78 is 31.6. The Balaban J connectivity index is 2.76. The first kappa shape index (κ1) is 17.7. The van der Waals surface area contributed by atoms with Gasteiger partial charge >= 0.3 is 5.97 Å². The number of carbonyl (C=O) groups is 1. The van der Waals surface area contributed by atoms with E-state index < -0.39 is 16.0 Å². The number of hydrogen-bond acceptors (Lipinski definition) is 4. The number of hydrogen-bond donors (Lipinski definition) is 1. The molecule has 0 saturated heterocycles. The highest BCUT2D eigenvalue weighted by molar-refractivity contribution is 7.89. The topological polar surface area (TPSA) is 72.5 Å². The minimum Gasteiger partial charge on any atom is -0.465 e. The highest BCUT2D eigenvalue weighted by Gasteiger charge is 2.18. The molecule has 5 nitrogen and oxygen atoms in total. The Morgan fingerprint density at radius 1 is 1.14 bits per heavy atom. The van der Waals surface area contributed by atoms with Crippen LogP contribution in [0.4, 0.5) is 0 Å². The van der Waals surface area contributed by atoms with Gasteiger partial charge in [0.05, 0.1) is 17.6 Å². The monoisotopic (exact) mass is 313 g/mol. The first-order valence-electron chi connectivity index (χ1n) is 6.97. The number of nitrogens with one attached hydrogen (secondary N) is 1. The molecular weight excluding hydrogens is 290 g/mol. The van der Waals surface area contributed by atoms with Crippen LogP contribution < -0.4 is 4.72 Å². The molecule has 1 atom stereocenters. The summed E-state index contributed by atoms with van der Waals surface area (Å²) >= 11 is 0. The number of esters is 1. The summed E-state index contributed by atoms with van der Waals surface area (Å²) in [6.45, 7) is 6.06. The van der Waals surface area contributed by atoms with Crippen molar-refractivity contribution in [2.24, 2.45) is 5.92 Å². The van der Waals surface area contributed by atoms with E-state index in [1.165, 1.54) is 31.4 Å². The van der Waals surface area contributed by atoms with E-state index >= 15 is 0 Å². The van der Waals surface area contributed by atoms with Crippen LogP contribution in [0.25, 0.3) is 0 Å². The van der Waals surface area contributed by atoms with Crippen molar-refractivity contribution in [3.8, 4) is 0 Å². The van der Waals surface area contributed by atoms with E-state index in [0.717, 1.165) is 12.8 Å². The van der Waals surface area contributed by atoms with Crippen molar-refractivity contribution in [2.45, 2.75) is 44.6 Å². The minimum atomic E-state index is -3.56. The van der Waals surface area contributed by atoms with E-state index in [-0.39, 0.29) is 10.9 Å². The van der Waals surface area contributed by atoms with Crippen LogP contribution in [0.3, 0.4) is 0 Å². The van der Waals surface area contributed by atoms with Crippen molar-refractivity contribution in [1.82, 2.24) is 4.72 Å². The highest BCUT2D eigenvalue weighted by atomic mass is 32.2. The van der Waals surface area contributed by atoms with Crippen molar-refractivity contribution in [3.05, 3.63) is 29.8 Å². The predicted molar refractivity (Wildman–Crippen MR) is 81.6 cm³/mol. The molecule has 0 aromatic heterocycles. The van der Waals surface area contributed by atoms with Crippen molar-refractivity contribution in [3.63, 3.8) is 0 Å². The fourth-order valence-corrected chi connectivity index (χ4v) is 3.14. The molecule has 0 aliphatic rings. The SMILES string of the molecule is COC(=O)c1ccc(S(=O)(=O)NC(C)CCC(C)C)cc1. The summed E-state index contributed by atoms with van der Waals surface area (Å²) in [5, 5.41) is 0. The molecule has 0 fully saturated rings. The zero-order valence-corrected chi connectivity index (χ0v) is 13.7. The lowest BCUT2D eigenvalue weighted by molar-refractivity contribution is 0.0600. The molecule has 0 heterocycles. The lowest BCUT2D eigenvalue weighted by Crippen LogP contribution is -2.32. The summed E-state index contributed by atoms with van der Waals surface area (Å²) in [6.07, 6.45) is 1.75. The Morgan fingerprint density at radius 3 is 2.19 bits per heavy atom. The molecule has 0 amide bonds. The van der Waals surface area contributed by atoms with Crippen molar-refractivity contribution < 1.29 is 17.9 Å². The van der Waals surface area contributed by atoms with Gasteiger partial charge in [0.15, 0.2) is 0 Å². The molecule has 1 aromatic carbocycles. The molecule has 0 bridgehead atoms. The molecular formula is C15H23NO4S. The van der Waals surface area contributed by atoms with Gasteiger partial charge in [0.2, 0.25) is 10.0 Å². The average Bonchev–Trinajstić information content (AvgIpc) is 2.44. The van der Waals surface area contributed by atoms with Crippen LogP contribution in [-0.4, -0.2) is 27.5 Å². The Labute approximate surface area is 126 Å². The van der Waals surface area contributed by atoms with Gasteiger partial charge in [0.25, 0.3) is 0 Å². The summed E-state index contributed by atoms with van der Waals surface area (Å²) in [5.74, 6) is 0.0495. The third kappa shape index (κ3) is 5.47. The average molecular weight is 313 g/mol. The second-order valence-corrected chi connectivity index (χ2v) is 7.22. The Kier molecular flexibility index (Phi) is 6.36. The predicted octanol–water partition coefficient (Wildman–Crippen LogP) is 2.58.